The van der Waals surface area contributed by atoms with Gasteiger partial charge in [0.2, 0.25) is 0 Å². The summed E-state index contributed by atoms with van der Waals surface area (Å²) in [5, 5.41) is 9.48. The minimum absolute atomic E-state index is 0.0567. The number of hydrogen-bond acceptors (Lipinski definition) is 2. The van der Waals surface area contributed by atoms with Gasteiger partial charge in [-0.15, -0.1) is 11.3 Å². The van der Waals surface area contributed by atoms with E-state index in [4.69, 9.17) is 0 Å². The molecule has 1 radical (unpaired) electrons. The zero-order chi connectivity index (χ0) is 45.3. The van der Waals surface area contributed by atoms with Crippen molar-refractivity contribution >= 4 is 82.9 Å². The highest BCUT2D eigenvalue weighted by molar-refractivity contribution is 7.25. The Morgan fingerprint density at radius 3 is 1.97 bits per heavy atom. The normalized spacial score (nSPS) is 16.7. The van der Waals surface area contributed by atoms with Gasteiger partial charge < -0.3 is 9.88 Å². The summed E-state index contributed by atoms with van der Waals surface area (Å²) in [5.41, 5.74) is 22.5. The smallest absolute Gasteiger partial charge is 0.197 e. The molecule has 0 saturated heterocycles. The van der Waals surface area contributed by atoms with Crippen LogP contribution >= 0.6 is 11.3 Å². The maximum atomic E-state index is 4.02. The second kappa shape index (κ2) is 13.3. The molecule has 2 nitrogen and oxygen atoms in total. The summed E-state index contributed by atoms with van der Waals surface area (Å²) in [4.78, 5) is 0. The quantitative estimate of drug-likeness (QED) is 0.175. The van der Waals surface area contributed by atoms with Crippen molar-refractivity contribution in [1.29, 1.82) is 0 Å². The Morgan fingerprint density at radius 2 is 1.25 bits per heavy atom. The van der Waals surface area contributed by atoms with Crippen LogP contribution < -0.4 is 16.2 Å². The number of rotatable bonds is 3. The summed E-state index contributed by atoms with van der Waals surface area (Å²) in [6.45, 7) is 28.8. The Labute approximate surface area is 390 Å². The monoisotopic (exact) mass is 863 g/mol. The van der Waals surface area contributed by atoms with Crippen molar-refractivity contribution in [1.82, 2.24) is 4.57 Å². The van der Waals surface area contributed by atoms with Crippen LogP contribution in [0.1, 0.15) is 129 Å². The molecule has 12 rings (SSSR count). The molecule has 0 saturated carbocycles. The molecule has 4 heteroatoms. The zero-order valence-electron chi connectivity index (χ0n) is 40.3. The first-order chi connectivity index (χ1) is 30.7. The first-order valence-corrected chi connectivity index (χ1v) is 24.7. The highest BCUT2D eigenvalue weighted by atomic mass is 32.1. The Hall–Kier alpha value is -5.58. The van der Waals surface area contributed by atoms with Crippen molar-refractivity contribution in [2.75, 3.05) is 5.32 Å². The van der Waals surface area contributed by atoms with Gasteiger partial charge in [-0.1, -0.05) is 155 Å². The molecular weight excluding hydrogens is 804 g/mol. The first-order valence-electron chi connectivity index (χ1n) is 23.9. The van der Waals surface area contributed by atoms with Gasteiger partial charge in [0.15, 0.2) is 7.28 Å². The van der Waals surface area contributed by atoms with Gasteiger partial charge in [-0.2, -0.15) is 0 Å². The second-order valence-corrected chi connectivity index (χ2v) is 24.6. The molecule has 1 N–H and O–H groups in total. The van der Waals surface area contributed by atoms with Crippen molar-refractivity contribution in [3.05, 3.63) is 149 Å². The largest absolute Gasteiger partial charge is 0.355 e. The van der Waals surface area contributed by atoms with E-state index in [1.165, 1.54) is 127 Å². The molecule has 2 aromatic heterocycles. The summed E-state index contributed by atoms with van der Waals surface area (Å²) in [7, 11) is 2.57. The number of hydrogen-bond donors (Lipinski definition) is 1. The van der Waals surface area contributed by atoms with Crippen LogP contribution in [0.4, 0.5) is 11.4 Å². The molecule has 2 aliphatic carbocycles. The van der Waals surface area contributed by atoms with E-state index in [1.54, 1.807) is 0 Å². The van der Waals surface area contributed by atoms with Gasteiger partial charge in [-0.05, 0) is 144 Å². The van der Waals surface area contributed by atoms with E-state index < -0.39 is 0 Å². The van der Waals surface area contributed by atoms with Gasteiger partial charge in [0.05, 0.1) is 5.52 Å². The zero-order valence-corrected chi connectivity index (χ0v) is 41.1. The lowest BCUT2D eigenvalue weighted by molar-refractivity contribution is 0.332. The molecule has 3 aliphatic rings. The van der Waals surface area contributed by atoms with Crippen LogP contribution in [0.25, 0.3) is 69.9 Å². The Bertz CT molecular complexity index is 3520. The molecule has 1 aliphatic heterocycles. The average molecular weight is 864 g/mol. The van der Waals surface area contributed by atoms with Crippen molar-refractivity contribution < 1.29 is 0 Å². The van der Waals surface area contributed by atoms with E-state index in [0.717, 1.165) is 11.4 Å². The maximum Gasteiger partial charge on any atom is 0.197 e. The molecule has 0 unspecified atom stereocenters. The van der Waals surface area contributed by atoms with E-state index in [9.17, 15) is 0 Å². The summed E-state index contributed by atoms with van der Waals surface area (Å²) in [6, 6.07) is 44.9. The summed E-state index contributed by atoms with van der Waals surface area (Å²) in [6.07, 6.45) is 2.36. The SMILES string of the molecule is CC(C)(C)c1ccc(Nc2ccc(C(C)(C)C)cc2-c2c3c(c4c5cc6c(cc5n5c4c2[B]c2cc4c(cc2-5)sc2ccccc24)C(C)(C)CCC6(C)C)C(C)(C)c2ccccc2-3)cc1. The van der Waals surface area contributed by atoms with Crippen LogP contribution in [-0.2, 0) is 27.1 Å². The third-order valence-electron chi connectivity index (χ3n) is 16.0. The summed E-state index contributed by atoms with van der Waals surface area (Å²) < 4.78 is 5.39. The minimum atomic E-state index is -0.253. The average Bonchev–Trinajstić information content (AvgIpc) is 3.87. The van der Waals surface area contributed by atoms with Crippen molar-refractivity contribution in [2.45, 2.75) is 123 Å². The molecule has 65 heavy (non-hydrogen) atoms. The Balaban J connectivity index is 1.27. The molecule has 7 aromatic carbocycles. The first kappa shape index (κ1) is 40.9. The highest BCUT2D eigenvalue weighted by Gasteiger charge is 2.44. The van der Waals surface area contributed by atoms with Gasteiger partial charge in [-0.3, -0.25) is 0 Å². The van der Waals surface area contributed by atoms with Crippen LogP contribution in [0.3, 0.4) is 0 Å². The van der Waals surface area contributed by atoms with Crippen LogP contribution in [0, 0.1) is 0 Å². The van der Waals surface area contributed by atoms with Crippen LogP contribution in [0.15, 0.2) is 115 Å². The van der Waals surface area contributed by atoms with Crippen LogP contribution in [-0.4, -0.2) is 11.8 Å². The van der Waals surface area contributed by atoms with Crippen LogP contribution in [0.2, 0.25) is 0 Å². The number of thiophene rings is 1. The molecule has 0 atom stereocenters. The summed E-state index contributed by atoms with van der Waals surface area (Å²) in [5.74, 6) is 0. The minimum Gasteiger partial charge on any atom is -0.355 e. The molecule has 323 valence electrons. The van der Waals surface area contributed by atoms with Crippen molar-refractivity contribution in [2.24, 2.45) is 0 Å². The van der Waals surface area contributed by atoms with E-state index >= 15 is 0 Å². The molecule has 0 spiro atoms. The summed E-state index contributed by atoms with van der Waals surface area (Å²) >= 11 is 1.92. The predicted octanol–water partition coefficient (Wildman–Crippen LogP) is 15.8. The maximum absolute atomic E-state index is 4.02. The molecule has 9 aromatic rings. The highest BCUT2D eigenvalue weighted by Crippen LogP contribution is 2.58. The van der Waals surface area contributed by atoms with Gasteiger partial charge in [0.1, 0.15) is 0 Å². The van der Waals surface area contributed by atoms with E-state index in [-0.39, 0.29) is 27.1 Å². The number of anilines is 2. The van der Waals surface area contributed by atoms with Crippen molar-refractivity contribution in [3.8, 4) is 27.9 Å². The van der Waals surface area contributed by atoms with E-state index in [1.807, 2.05) is 11.3 Å². The molecule has 3 heterocycles. The molecular formula is C61H60BN2S. The molecule has 0 amide bonds. The van der Waals surface area contributed by atoms with Gasteiger partial charge in [0, 0.05) is 59.1 Å². The fourth-order valence-electron chi connectivity index (χ4n) is 12.1. The van der Waals surface area contributed by atoms with E-state index in [0.29, 0.717) is 0 Å². The van der Waals surface area contributed by atoms with Gasteiger partial charge >= 0.3 is 0 Å². The number of fused-ring (bicyclic) bond motifs is 13. The number of nitrogens with one attached hydrogen (secondary N) is 1. The van der Waals surface area contributed by atoms with Crippen molar-refractivity contribution in [3.63, 3.8) is 0 Å². The standard InChI is InChI=1S/C61H60BN2S/c1-57(2,3)34-21-24-36(25-22-34)63-46-26-23-35(58(4,5)6)29-40(46)52-51-38-18-13-15-19-42(38)61(11,12)54(51)53-41-30-43-44(60(9,10)28-27-59(43,7)8)32-47(41)64-48-33-50-39(31-45(48)62-55(52)56(53)64)37-17-14-16-20-49(37)65-50/h13-26,29-33,63H,27-28H2,1-12H3. The third kappa shape index (κ3) is 5.84. The Kier molecular flexibility index (Phi) is 8.36. The topological polar surface area (TPSA) is 17.0 Å². The fraction of sp³-hybridized carbons (Fsp3) is 0.311. The fourth-order valence-corrected chi connectivity index (χ4v) is 13.2. The lowest BCUT2D eigenvalue weighted by Crippen LogP contribution is -2.38. The van der Waals surface area contributed by atoms with Crippen LogP contribution in [0.5, 0.6) is 0 Å². The lowest BCUT2D eigenvalue weighted by Gasteiger charge is -2.42. The van der Waals surface area contributed by atoms with E-state index in [2.05, 4.69) is 216 Å². The third-order valence-corrected chi connectivity index (χ3v) is 17.1. The van der Waals surface area contributed by atoms with Gasteiger partial charge in [0.25, 0.3) is 0 Å². The number of nitrogens with zero attached hydrogens (tertiary/aromatic N) is 1. The second-order valence-electron chi connectivity index (χ2n) is 23.6. The lowest BCUT2D eigenvalue weighted by atomic mass is 9.57. The number of aromatic nitrogens is 1. The molecule has 0 bridgehead atoms. The van der Waals surface area contributed by atoms with Gasteiger partial charge in [-0.25, -0.2) is 0 Å². The number of benzene rings is 7. The molecule has 0 fully saturated rings. The predicted molar refractivity (Wildman–Crippen MR) is 284 cm³/mol. The Morgan fingerprint density at radius 1 is 0.585 bits per heavy atom.